The van der Waals surface area contributed by atoms with E-state index in [0.29, 0.717) is 10.7 Å². The number of amides is 1. The van der Waals surface area contributed by atoms with Crippen LogP contribution in [0.15, 0.2) is 36.5 Å². The van der Waals surface area contributed by atoms with E-state index in [1.54, 1.807) is 6.07 Å². The highest BCUT2D eigenvalue weighted by atomic mass is 35.5. The normalized spacial score (nSPS) is 18.8. The van der Waals surface area contributed by atoms with Crippen LogP contribution in [0.3, 0.4) is 0 Å². The van der Waals surface area contributed by atoms with E-state index in [1.165, 1.54) is 19.4 Å². The number of nitrogens with zero attached hydrogens (tertiary/aromatic N) is 1. The molecule has 0 bridgehead atoms. The topological polar surface area (TPSA) is 68.3 Å². The highest BCUT2D eigenvalue weighted by Crippen LogP contribution is 2.48. The lowest BCUT2D eigenvalue weighted by molar-refractivity contribution is -0.117. The number of carbonyl (C=O) groups is 2. The highest BCUT2D eigenvalue weighted by molar-refractivity contribution is 6.30. The molecule has 5 nitrogen and oxygen atoms in total. The number of esters is 1. The summed E-state index contributed by atoms with van der Waals surface area (Å²) in [6, 6.07) is 8.91. The van der Waals surface area contributed by atoms with Gasteiger partial charge in [-0.25, -0.2) is 9.78 Å². The van der Waals surface area contributed by atoms with Crippen molar-refractivity contribution in [1.82, 2.24) is 4.98 Å². The fraction of sp³-hybridized carbons (Fsp3) is 0.235. The molecule has 124 valence electrons. The molecule has 0 unspecified atom stereocenters. The molecule has 3 rings (SSSR count). The van der Waals surface area contributed by atoms with Gasteiger partial charge in [-0.3, -0.25) is 4.79 Å². The Bertz CT molecular complexity index is 810. The minimum absolute atomic E-state index is 0.127. The van der Waals surface area contributed by atoms with E-state index in [-0.39, 0.29) is 28.5 Å². The van der Waals surface area contributed by atoms with Gasteiger partial charge in [0, 0.05) is 17.1 Å². The largest absolute Gasteiger partial charge is 0.465 e. The van der Waals surface area contributed by atoms with Crippen molar-refractivity contribution < 1.29 is 14.3 Å². The van der Waals surface area contributed by atoms with Gasteiger partial charge in [-0.1, -0.05) is 35.3 Å². The lowest BCUT2D eigenvalue weighted by Crippen LogP contribution is -2.17. The van der Waals surface area contributed by atoms with E-state index in [1.807, 2.05) is 18.2 Å². The van der Waals surface area contributed by atoms with Crippen LogP contribution in [0, 0.1) is 5.92 Å². The molecule has 2 atom stereocenters. The molecular formula is C17H14Cl2N2O3. The van der Waals surface area contributed by atoms with Crippen LogP contribution in [0.1, 0.15) is 28.3 Å². The zero-order valence-electron chi connectivity index (χ0n) is 12.8. The third kappa shape index (κ3) is 3.52. The summed E-state index contributed by atoms with van der Waals surface area (Å²) < 4.78 is 4.69. The number of hydrogen-bond donors (Lipinski definition) is 1. The van der Waals surface area contributed by atoms with Crippen molar-refractivity contribution in [2.24, 2.45) is 5.92 Å². The van der Waals surface area contributed by atoms with Gasteiger partial charge in [-0.05, 0) is 36.1 Å². The van der Waals surface area contributed by atoms with Crippen LogP contribution in [-0.4, -0.2) is 24.0 Å². The average Bonchev–Trinajstić information content (AvgIpc) is 3.35. The van der Waals surface area contributed by atoms with Crippen molar-refractivity contribution in [3.8, 4) is 0 Å². The van der Waals surface area contributed by atoms with Crippen molar-refractivity contribution in [2.75, 3.05) is 12.4 Å². The van der Waals surface area contributed by atoms with Crippen molar-refractivity contribution in [3.63, 3.8) is 0 Å². The van der Waals surface area contributed by atoms with Gasteiger partial charge in [0.25, 0.3) is 0 Å². The Morgan fingerprint density at radius 3 is 2.79 bits per heavy atom. The number of hydrogen-bond acceptors (Lipinski definition) is 4. The summed E-state index contributed by atoms with van der Waals surface area (Å²) in [7, 11) is 1.26. The Morgan fingerprint density at radius 1 is 1.29 bits per heavy atom. The van der Waals surface area contributed by atoms with E-state index in [4.69, 9.17) is 27.9 Å². The number of pyridine rings is 1. The first-order valence-corrected chi connectivity index (χ1v) is 8.05. The smallest absolute Gasteiger partial charge is 0.341 e. The van der Waals surface area contributed by atoms with E-state index >= 15 is 0 Å². The minimum atomic E-state index is -0.586. The minimum Gasteiger partial charge on any atom is -0.465 e. The molecule has 0 aliphatic heterocycles. The van der Waals surface area contributed by atoms with Gasteiger partial charge in [0.2, 0.25) is 5.91 Å². The molecule has 1 saturated carbocycles. The summed E-state index contributed by atoms with van der Waals surface area (Å²) in [6.45, 7) is 0. The summed E-state index contributed by atoms with van der Waals surface area (Å²) in [4.78, 5) is 28.1. The predicted molar refractivity (Wildman–Crippen MR) is 91.5 cm³/mol. The van der Waals surface area contributed by atoms with Crippen LogP contribution >= 0.6 is 23.2 Å². The maximum Gasteiger partial charge on any atom is 0.341 e. The first-order chi connectivity index (χ1) is 11.5. The first-order valence-electron chi connectivity index (χ1n) is 7.29. The van der Waals surface area contributed by atoms with Crippen molar-refractivity contribution in [1.29, 1.82) is 0 Å². The van der Waals surface area contributed by atoms with Crippen LogP contribution in [0.2, 0.25) is 10.2 Å². The Balaban J connectivity index is 1.75. The summed E-state index contributed by atoms with van der Waals surface area (Å²) in [6.07, 6.45) is 2.02. The summed E-state index contributed by atoms with van der Waals surface area (Å²) in [5.74, 6) is -0.799. The maximum atomic E-state index is 12.5. The fourth-order valence-electron chi connectivity index (χ4n) is 2.62. The van der Waals surface area contributed by atoms with Gasteiger partial charge < -0.3 is 10.1 Å². The summed E-state index contributed by atoms with van der Waals surface area (Å²) in [5.41, 5.74) is 1.49. The number of ether oxygens (including phenoxy) is 1. The molecule has 1 aliphatic carbocycles. The molecule has 1 heterocycles. The Hall–Kier alpha value is -2.11. The summed E-state index contributed by atoms with van der Waals surface area (Å²) >= 11 is 11.8. The van der Waals surface area contributed by atoms with Crippen LogP contribution in [-0.2, 0) is 9.53 Å². The number of anilines is 1. The zero-order valence-corrected chi connectivity index (χ0v) is 14.3. The molecular weight excluding hydrogens is 351 g/mol. The number of carbonyl (C=O) groups excluding carboxylic acids is 2. The third-order valence-corrected chi connectivity index (χ3v) is 4.38. The second-order valence-corrected chi connectivity index (χ2v) is 6.36. The van der Waals surface area contributed by atoms with Gasteiger partial charge in [-0.15, -0.1) is 0 Å². The monoisotopic (exact) mass is 364 g/mol. The standard InChI is InChI=1S/C17H14Cl2N2O3/c1-24-17(23)13-8-20-15(19)7-14(13)21-16(22)12-6-11(12)9-3-2-4-10(18)5-9/h2-5,7-8,11-12H,6H2,1H3,(H,20,21,22)/t11-,12+/m1/s1. The maximum absolute atomic E-state index is 12.5. The van der Waals surface area contributed by atoms with E-state index in [0.717, 1.165) is 12.0 Å². The lowest BCUT2D eigenvalue weighted by atomic mass is 10.1. The molecule has 1 aromatic carbocycles. The molecule has 1 aromatic heterocycles. The van der Waals surface area contributed by atoms with Crippen LogP contribution in [0.25, 0.3) is 0 Å². The fourth-order valence-corrected chi connectivity index (χ4v) is 2.98. The number of methoxy groups -OCH3 is 1. The van der Waals surface area contributed by atoms with Gasteiger partial charge in [-0.2, -0.15) is 0 Å². The Labute approximate surface area is 148 Å². The lowest BCUT2D eigenvalue weighted by Gasteiger charge is -2.10. The van der Waals surface area contributed by atoms with Crippen molar-refractivity contribution in [2.45, 2.75) is 12.3 Å². The van der Waals surface area contributed by atoms with E-state index in [9.17, 15) is 9.59 Å². The number of halogens is 2. The Kier molecular flexibility index (Phi) is 4.73. The van der Waals surface area contributed by atoms with Crippen molar-refractivity contribution >= 4 is 40.8 Å². The second-order valence-electron chi connectivity index (χ2n) is 5.54. The van der Waals surface area contributed by atoms with Crippen LogP contribution < -0.4 is 5.32 Å². The molecule has 1 fully saturated rings. The molecule has 0 spiro atoms. The predicted octanol–water partition coefficient (Wildman–Crippen LogP) is 3.92. The quantitative estimate of drug-likeness (QED) is 0.659. The van der Waals surface area contributed by atoms with E-state index in [2.05, 4.69) is 10.3 Å². The SMILES string of the molecule is COC(=O)c1cnc(Cl)cc1NC(=O)[C@H]1C[C@@H]1c1cccc(Cl)c1. The van der Waals surface area contributed by atoms with Gasteiger partial charge in [0.15, 0.2) is 0 Å². The van der Waals surface area contributed by atoms with Crippen molar-refractivity contribution in [3.05, 3.63) is 57.8 Å². The molecule has 7 heteroatoms. The first kappa shape index (κ1) is 16.7. The molecule has 2 aromatic rings. The Morgan fingerprint density at radius 2 is 2.08 bits per heavy atom. The third-order valence-electron chi connectivity index (χ3n) is 3.94. The number of benzene rings is 1. The molecule has 1 amide bonds. The van der Waals surface area contributed by atoms with Crippen LogP contribution in [0.5, 0.6) is 0 Å². The number of rotatable bonds is 4. The zero-order chi connectivity index (χ0) is 17.3. The molecule has 0 saturated heterocycles. The van der Waals surface area contributed by atoms with Gasteiger partial charge in [0.05, 0.1) is 12.8 Å². The van der Waals surface area contributed by atoms with Crippen LogP contribution in [0.4, 0.5) is 5.69 Å². The highest BCUT2D eigenvalue weighted by Gasteiger charge is 2.44. The number of nitrogens with one attached hydrogen (secondary N) is 1. The number of aromatic nitrogens is 1. The second kappa shape index (κ2) is 6.79. The average molecular weight is 365 g/mol. The summed E-state index contributed by atoms with van der Waals surface area (Å²) in [5, 5.41) is 3.57. The van der Waals surface area contributed by atoms with E-state index < -0.39 is 5.97 Å². The van der Waals surface area contributed by atoms with Gasteiger partial charge >= 0.3 is 5.97 Å². The molecule has 1 aliphatic rings. The van der Waals surface area contributed by atoms with Gasteiger partial charge in [0.1, 0.15) is 10.7 Å². The molecule has 24 heavy (non-hydrogen) atoms. The molecule has 0 radical (unpaired) electrons. The molecule has 1 N–H and O–H groups in total.